The summed E-state index contributed by atoms with van der Waals surface area (Å²) in [4.78, 5) is 4.39. The van der Waals surface area contributed by atoms with Crippen LogP contribution in [-0.4, -0.2) is 41.8 Å². The molecule has 7 nitrogen and oxygen atoms in total. The molecule has 7 heteroatoms. The van der Waals surface area contributed by atoms with Gasteiger partial charge in [0.15, 0.2) is 5.82 Å². The lowest BCUT2D eigenvalue weighted by Crippen LogP contribution is -2.27. The molecule has 2 aromatic heterocycles. The van der Waals surface area contributed by atoms with Gasteiger partial charge in [0.25, 0.3) is 0 Å². The highest BCUT2D eigenvalue weighted by atomic mass is 15.4. The highest BCUT2D eigenvalue weighted by molar-refractivity contribution is 5.29. The van der Waals surface area contributed by atoms with E-state index in [2.05, 4.69) is 31.9 Å². The molecule has 1 unspecified atom stereocenters. The Morgan fingerprint density at radius 1 is 1.21 bits per heavy atom. The van der Waals surface area contributed by atoms with Crippen molar-refractivity contribution >= 4 is 0 Å². The number of hydrogen-bond acceptors (Lipinski definition) is 5. The van der Waals surface area contributed by atoms with Gasteiger partial charge in [0.2, 0.25) is 0 Å². The summed E-state index contributed by atoms with van der Waals surface area (Å²) < 4.78 is 3.63. The molecular formula is C17H19N7. The van der Waals surface area contributed by atoms with E-state index in [0.717, 1.165) is 30.2 Å². The van der Waals surface area contributed by atoms with Crippen molar-refractivity contribution in [1.29, 1.82) is 0 Å². The third-order valence-electron chi connectivity index (χ3n) is 5.14. The maximum atomic E-state index is 4.53. The number of rotatable bonds is 4. The lowest BCUT2D eigenvalue weighted by Gasteiger charge is -2.14. The number of nitrogens with zero attached hydrogens (tertiary/aromatic N) is 6. The third kappa shape index (κ3) is 2.32. The van der Waals surface area contributed by atoms with Crippen molar-refractivity contribution in [2.75, 3.05) is 6.54 Å². The van der Waals surface area contributed by atoms with Gasteiger partial charge in [-0.1, -0.05) is 23.4 Å². The van der Waals surface area contributed by atoms with E-state index < -0.39 is 0 Å². The minimum Gasteiger partial charge on any atom is -0.311 e. The summed E-state index contributed by atoms with van der Waals surface area (Å²) >= 11 is 0. The van der Waals surface area contributed by atoms with Crippen LogP contribution in [0.3, 0.4) is 0 Å². The average Bonchev–Trinajstić information content (AvgIpc) is 2.97. The predicted octanol–water partition coefficient (Wildman–Crippen LogP) is 1.52. The number of nitrogens with one attached hydrogen (secondary N) is 1. The molecule has 2 fully saturated rings. The van der Waals surface area contributed by atoms with E-state index in [1.165, 1.54) is 12.8 Å². The predicted molar refractivity (Wildman–Crippen MR) is 87.8 cm³/mol. The summed E-state index contributed by atoms with van der Waals surface area (Å²) in [6.07, 6.45) is 7.46. The Labute approximate surface area is 139 Å². The van der Waals surface area contributed by atoms with E-state index in [9.17, 15) is 0 Å². The third-order valence-corrected chi connectivity index (χ3v) is 5.14. The summed E-state index contributed by atoms with van der Waals surface area (Å²) in [6, 6.07) is 9.98. The van der Waals surface area contributed by atoms with Crippen LogP contribution in [0.1, 0.15) is 36.7 Å². The molecule has 5 rings (SSSR count). The first-order valence-electron chi connectivity index (χ1n) is 8.43. The Bertz CT molecular complexity index is 847. The van der Waals surface area contributed by atoms with Crippen molar-refractivity contribution < 1.29 is 0 Å². The van der Waals surface area contributed by atoms with Crippen LogP contribution in [0.15, 0.2) is 42.9 Å². The summed E-state index contributed by atoms with van der Waals surface area (Å²) in [5, 5.41) is 16.8. The molecule has 122 valence electrons. The van der Waals surface area contributed by atoms with Crippen LogP contribution >= 0.6 is 0 Å². The van der Waals surface area contributed by atoms with E-state index in [0.29, 0.717) is 18.0 Å². The molecule has 1 saturated heterocycles. The van der Waals surface area contributed by atoms with E-state index >= 15 is 0 Å². The molecule has 3 aromatic rings. The number of benzene rings is 1. The molecule has 1 spiro atoms. The first-order valence-corrected chi connectivity index (χ1v) is 8.43. The maximum absolute atomic E-state index is 4.53. The highest BCUT2D eigenvalue weighted by Crippen LogP contribution is 2.51. The second-order valence-corrected chi connectivity index (χ2v) is 6.71. The van der Waals surface area contributed by atoms with E-state index in [1.807, 2.05) is 35.0 Å². The minimum atomic E-state index is 0.313. The first-order chi connectivity index (χ1) is 11.8. The highest BCUT2D eigenvalue weighted by Gasteiger charge is 2.53. The summed E-state index contributed by atoms with van der Waals surface area (Å²) in [5.41, 5.74) is 2.41. The fourth-order valence-corrected chi connectivity index (χ4v) is 3.73. The number of para-hydroxylation sites is 1. The van der Waals surface area contributed by atoms with Gasteiger partial charge in [-0.25, -0.2) is 14.3 Å². The Balaban J connectivity index is 1.33. The van der Waals surface area contributed by atoms with Gasteiger partial charge in [0.05, 0.1) is 11.4 Å². The van der Waals surface area contributed by atoms with Crippen LogP contribution in [0.25, 0.3) is 5.69 Å². The van der Waals surface area contributed by atoms with Crippen LogP contribution < -0.4 is 5.32 Å². The monoisotopic (exact) mass is 321 g/mol. The second-order valence-electron chi connectivity index (χ2n) is 6.71. The molecular weight excluding hydrogens is 302 g/mol. The second kappa shape index (κ2) is 5.24. The lowest BCUT2D eigenvalue weighted by molar-refractivity contribution is 0.525. The molecule has 1 aliphatic heterocycles. The Morgan fingerprint density at radius 2 is 2.08 bits per heavy atom. The quantitative estimate of drug-likeness (QED) is 0.788. The maximum Gasteiger partial charge on any atom is 0.172 e. The van der Waals surface area contributed by atoms with Gasteiger partial charge in [-0.15, -0.1) is 10.2 Å². The fourth-order valence-electron chi connectivity index (χ4n) is 3.73. The van der Waals surface area contributed by atoms with Gasteiger partial charge in [0.1, 0.15) is 12.9 Å². The zero-order chi connectivity index (χ0) is 16.0. The van der Waals surface area contributed by atoms with E-state index in [-0.39, 0.29) is 0 Å². The Kier molecular flexibility index (Phi) is 3.02. The van der Waals surface area contributed by atoms with Crippen molar-refractivity contribution in [3.63, 3.8) is 0 Å². The van der Waals surface area contributed by atoms with E-state index in [1.54, 1.807) is 11.0 Å². The zero-order valence-corrected chi connectivity index (χ0v) is 13.3. The van der Waals surface area contributed by atoms with Crippen molar-refractivity contribution in [1.82, 2.24) is 35.1 Å². The van der Waals surface area contributed by atoms with Gasteiger partial charge in [-0.05, 0) is 37.9 Å². The molecule has 0 bridgehead atoms. The van der Waals surface area contributed by atoms with Crippen LogP contribution in [0.5, 0.6) is 0 Å². The summed E-state index contributed by atoms with van der Waals surface area (Å²) in [6.45, 7) is 1.63. The molecule has 1 aromatic carbocycles. The zero-order valence-electron chi connectivity index (χ0n) is 13.3. The van der Waals surface area contributed by atoms with Gasteiger partial charge < -0.3 is 5.32 Å². The SMILES string of the molecule is c1ccc(-n2cnc(Cn3cc(C4CCNC45CC5)nn3)n2)cc1. The van der Waals surface area contributed by atoms with E-state index in [4.69, 9.17) is 0 Å². The van der Waals surface area contributed by atoms with Crippen LogP contribution in [0.2, 0.25) is 0 Å². The Hall–Kier alpha value is -2.54. The van der Waals surface area contributed by atoms with Crippen LogP contribution in [-0.2, 0) is 6.54 Å². The van der Waals surface area contributed by atoms with Gasteiger partial charge in [-0.3, -0.25) is 0 Å². The van der Waals surface area contributed by atoms with Crippen LogP contribution in [0, 0.1) is 0 Å². The number of aromatic nitrogens is 6. The molecule has 0 amide bonds. The minimum absolute atomic E-state index is 0.313. The van der Waals surface area contributed by atoms with Gasteiger partial charge >= 0.3 is 0 Å². The molecule has 24 heavy (non-hydrogen) atoms. The molecule has 1 N–H and O–H groups in total. The summed E-state index contributed by atoms with van der Waals surface area (Å²) in [7, 11) is 0. The van der Waals surface area contributed by atoms with Gasteiger partial charge in [0, 0.05) is 17.7 Å². The lowest BCUT2D eigenvalue weighted by atomic mass is 9.95. The summed E-state index contributed by atoms with van der Waals surface area (Å²) in [5.74, 6) is 1.24. The standard InChI is InChI=1S/C17H19N7/c1-2-4-13(5-3-1)24-12-18-16(21-24)11-23-10-15(20-22-23)14-6-9-19-17(14)7-8-17/h1-5,10,12,14,19H,6-9,11H2. The molecule has 1 atom stereocenters. The fraction of sp³-hybridized carbons (Fsp3) is 0.412. The smallest absolute Gasteiger partial charge is 0.172 e. The van der Waals surface area contributed by atoms with Crippen molar-refractivity contribution in [3.05, 3.63) is 54.4 Å². The van der Waals surface area contributed by atoms with Gasteiger partial charge in [-0.2, -0.15) is 0 Å². The van der Waals surface area contributed by atoms with Crippen LogP contribution in [0.4, 0.5) is 0 Å². The number of hydrogen-bond donors (Lipinski definition) is 1. The largest absolute Gasteiger partial charge is 0.311 e. The normalized spacial score (nSPS) is 21.4. The van der Waals surface area contributed by atoms with Crippen molar-refractivity contribution in [2.45, 2.75) is 37.3 Å². The Morgan fingerprint density at radius 3 is 2.92 bits per heavy atom. The molecule has 0 radical (unpaired) electrons. The topological polar surface area (TPSA) is 73.5 Å². The molecule has 2 aliphatic rings. The van der Waals surface area contributed by atoms with Crippen molar-refractivity contribution in [3.8, 4) is 5.69 Å². The average molecular weight is 321 g/mol. The first kappa shape index (κ1) is 13.9. The molecule has 3 heterocycles. The van der Waals surface area contributed by atoms with Crippen molar-refractivity contribution in [2.24, 2.45) is 0 Å². The molecule has 1 saturated carbocycles. The molecule has 1 aliphatic carbocycles.